The maximum Gasteiger partial charge on any atom is 0.255 e. The lowest BCUT2D eigenvalue weighted by Gasteiger charge is -2.37. The van der Waals surface area contributed by atoms with Gasteiger partial charge in [0.25, 0.3) is 5.91 Å². The molecule has 2 aliphatic rings. The number of piperidine rings is 1. The summed E-state index contributed by atoms with van der Waals surface area (Å²) in [6.45, 7) is 6.81. The van der Waals surface area contributed by atoms with Crippen LogP contribution in [0.15, 0.2) is 18.2 Å². The summed E-state index contributed by atoms with van der Waals surface area (Å²) in [5.41, 5.74) is 0.506. The van der Waals surface area contributed by atoms with Gasteiger partial charge in [0.2, 0.25) is 0 Å². The lowest BCUT2D eigenvalue weighted by atomic mass is 9.97. The topological polar surface area (TPSA) is 35.6 Å². The molecule has 1 aromatic carbocycles. The quantitative estimate of drug-likeness (QED) is 0.858. The fourth-order valence-corrected chi connectivity index (χ4v) is 3.78. The highest BCUT2D eigenvalue weighted by atomic mass is 35.5. The molecule has 0 radical (unpaired) electrons. The van der Waals surface area contributed by atoms with Crippen molar-refractivity contribution in [3.63, 3.8) is 0 Å². The molecule has 0 bridgehead atoms. The van der Waals surface area contributed by atoms with Crippen LogP contribution in [0.1, 0.15) is 23.2 Å². The van der Waals surface area contributed by atoms with E-state index < -0.39 is 0 Å². The van der Waals surface area contributed by atoms with Gasteiger partial charge in [-0.15, -0.1) is 12.4 Å². The van der Waals surface area contributed by atoms with Gasteiger partial charge in [-0.3, -0.25) is 9.69 Å². The van der Waals surface area contributed by atoms with Crippen LogP contribution in [0.2, 0.25) is 10.0 Å². The van der Waals surface area contributed by atoms with Crippen molar-refractivity contribution in [2.24, 2.45) is 5.92 Å². The van der Waals surface area contributed by atoms with Crippen molar-refractivity contribution in [1.29, 1.82) is 0 Å². The summed E-state index contributed by atoms with van der Waals surface area (Å²) >= 11 is 12.2. The van der Waals surface area contributed by atoms with Crippen LogP contribution < -0.4 is 5.32 Å². The number of carbonyl (C=O) groups is 1. The normalized spacial score (nSPS) is 19.8. The van der Waals surface area contributed by atoms with Crippen molar-refractivity contribution in [3.05, 3.63) is 33.8 Å². The first-order valence-electron chi connectivity index (χ1n) is 8.31. The number of rotatable bonds is 3. The molecule has 0 aromatic heterocycles. The number of carbonyl (C=O) groups excluding carboxylic acids is 1. The van der Waals surface area contributed by atoms with E-state index in [9.17, 15) is 4.79 Å². The van der Waals surface area contributed by atoms with Gasteiger partial charge < -0.3 is 10.2 Å². The van der Waals surface area contributed by atoms with Crippen LogP contribution in [0.4, 0.5) is 0 Å². The molecule has 1 N–H and O–H groups in total. The van der Waals surface area contributed by atoms with Crippen molar-refractivity contribution >= 4 is 41.5 Å². The number of hydrogen-bond acceptors (Lipinski definition) is 3. The Balaban J connectivity index is 0.00000208. The summed E-state index contributed by atoms with van der Waals surface area (Å²) in [6, 6.07) is 5.23. The number of nitrogens with zero attached hydrogens (tertiary/aromatic N) is 2. The fraction of sp³-hybridized carbons (Fsp3) is 0.588. The van der Waals surface area contributed by atoms with Gasteiger partial charge in [0.15, 0.2) is 0 Å². The minimum atomic E-state index is -0.0148. The first-order chi connectivity index (χ1) is 11.1. The zero-order valence-electron chi connectivity index (χ0n) is 13.6. The Hall–Kier alpha value is -0.520. The minimum Gasteiger partial charge on any atom is -0.336 e. The van der Waals surface area contributed by atoms with Crippen molar-refractivity contribution in [2.45, 2.75) is 12.8 Å². The molecule has 0 aliphatic carbocycles. The molecule has 2 fully saturated rings. The molecule has 24 heavy (non-hydrogen) atoms. The lowest BCUT2D eigenvalue weighted by molar-refractivity contribution is 0.0608. The molecule has 0 unspecified atom stereocenters. The number of amides is 1. The zero-order chi connectivity index (χ0) is 16.2. The van der Waals surface area contributed by atoms with Crippen LogP contribution in [0, 0.1) is 5.92 Å². The van der Waals surface area contributed by atoms with Gasteiger partial charge in [-0.2, -0.15) is 0 Å². The average Bonchev–Trinajstić information content (AvgIpc) is 2.58. The predicted molar refractivity (Wildman–Crippen MR) is 102 cm³/mol. The zero-order valence-corrected chi connectivity index (χ0v) is 16.0. The lowest BCUT2D eigenvalue weighted by Crippen LogP contribution is -2.50. The van der Waals surface area contributed by atoms with Crippen LogP contribution in [0.5, 0.6) is 0 Å². The van der Waals surface area contributed by atoms with Gasteiger partial charge in [0.1, 0.15) is 0 Å². The number of benzene rings is 1. The van der Waals surface area contributed by atoms with E-state index in [1.54, 1.807) is 18.2 Å². The molecule has 2 saturated heterocycles. The van der Waals surface area contributed by atoms with E-state index in [-0.39, 0.29) is 18.3 Å². The molecule has 0 saturated carbocycles. The average molecular weight is 393 g/mol. The van der Waals surface area contributed by atoms with Crippen molar-refractivity contribution in [3.8, 4) is 0 Å². The highest BCUT2D eigenvalue weighted by molar-refractivity contribution is 6.43. The predicted octanol–water partition coefficient (Wildman–Crippen LogP) is 3.17. The minimum absolute atomic E-state index is 0. The monoisotopic (exact) mass is 391 g/mol. The van der Waals surface area contributed by atoms with Crippen molar-refractivity contribution in [1.82, 2.24) is 15.1 Å². The molecule has 134 valence electrons. The molecule has 1 amide bonds. The first kappa shape index (κ1) is 19.8. The summed E-state index contributed by atoms with van der Waals surface area (Å²) in [4.78, 5) is 17.0. The largest absolute Gasteiger partial charge is 0.336 e. The maximum atomic E-state index is 12.6. The Bertz CT molecular complexity index is 556. The third-order valence-corrected chi connectivity index (χ3v) is 5.64. The summed E-state index contributed by atoms with van der Waals surface area (Å²) in [6.07, 6.45) is 2.52. The Labute approximate surface area is 159 Å². The molecular weight excluding hydrogens is 369 g/mol. The summed E-state index contributed by atoms with van der Waals surface area (Å²) in [7, 11) is 0. The molecule has 0 atom stereocenters. The van der Waals surface area contributed by atoms with Crippen LogP contribution in [-0.4, -0.2) is 61.5 Å². The van der Waals surface area contributed by atoms with Crippen LogP contribution in [-0.2, 0) is 0 Å². The Kier molecular flexibility index (Phi) is 7.63. The van der Waals surface area contributed by atoms with Crippen molar-refractivity contribution < 1.29 is 4.79 Å². The molecule has 4 nitrogen and oxygen atoms in total. The van der Waals surface area contributed by atoms with E-state index >= 15 is 0 Å². The van der Waals surface area contributed by atoms with Gasteiger partial charge in [0, 0.05) is 32.7 Å². The number of nitrogens with one attached hydrogen (secondary N) is 1. The number of halogens is 3. The second-order valence-corrected chi connectivity index (χ2v) is 7.17. The molecular formula is C17H24Cl3N3O. The highest BCUT2D eigenvalue weighted by Crippen LogP contribution is 2.27. The smallest absolute Gasteiger partial charge is 0.255 e. The summed E-state index contributed by atoms with van der Waals surface area (Å²) < 4.78 is 0. The standard InChI is InChI=1S/C17H23Cl2N3O.ClH/c18-15-3-1-2-14(16(15)19)17(23)22-10-8-21(9-11-22)12-13-4-6-20-7-5-13;/h1-3,13,20H,4-12H2;1H. The Morgan fingerprint density at radius 1 is 1.12 bits per heavy atom. The van der Waals surface area contributed by atoms with Gasteiger partial charge in [-0.1, -0.05) is 29.3 Å². The van der Waals surface area contributed by atoms with Crippen LogP contribution in [0.25, 0.3) is 0 Å². The third-order valence-electron chi connectivity index (χ3n) is 4.82. The molecule has 3 rings (SSSR count). The maximum absolute atomic E-state index is 12.6. The second kappa shape index (κ2) is 9.25. The number of piperazine rings is 1. The van der Waals surface area contributed by atoms with E-state index in [1.807, 2.05) is 4.90 Å². The Morgan fingerprint density at radius 3 is 2.46 bits per heavy atom. The molecule has 2 heterocycles. The molecule has 1 aromatic rings. The van der Waals surface area contributed by atoms with E-state index in [0.717, 1.165) is 51.7 Å². The van der Waals surface area contributed by atoms with E-state index in [4.69, 9.17) is 23.2 Å². The first-order valence-corrected chi connectivity index (χ1v) is 9.07. The molecule has 7 heteroatoms. The van der Waals surface area contributed by atoms with Gasteiger partial charge in [-0.05, 0) is 44.0 Å². The fourth-order valence-electron chi connectivity index (χ4n) is 3.40. The van der Waals surface area contributed by atoms with Gasteiger partial charge >= 0.3 is 0 Å². The molecule has 0 spiro atoms. The summed E-state index contributed by atoms with van der Waals surface area (Å²) in [5.74, 6) is 0.778. The van der Waals surface area contributed by atoms with Crippen LogP contribution >= 0.6 is 35.6 Å². The highest BCUT2D eigenvalue weighted by Gasteiger charge is 2.25. The third kappa shape index (κ3) is 4.77. The van der Waals surface area contributed by atoms with Crippen molar-refractivity contribution in [2.75, 3.05) is 45.8 Å². The van der Waals surface area contributed by atoms with Gasteiger partial charge in [-0.25, -0.2) is 0 Å². The second-order valence-electron chi connectivity index (χ2n) is 6.39. The number of hydrogen-bond donors (Lipinski definition) is 1. The van der Waals surface area contributed by atoms with Gasteiger partial charge in [0.05, 0.1) is 15.6 Å². The Morgan fingerprint density at radius 2 is 1.79 bits per heavy atom. The van der Waals surface area contributed by atoms with E-state index in [0.29, 0.717) is 15.6 Å². The van der Waals surface area contributed by atoms with Crippen LogP contribution in [0.3, 0.4) is 0 Å². The van der Waals surface area contributed by atoms with E-state index in [2.05, 4.69) is 10.2 Å². The summed E-state index contributed by atoms with van der Waals surface area (Å²) in [5, 5.41) is 4.20. The SMILES string of the molecule is Cl.O=C(c1cccc(Cl)c1Cl)N1CCN(CC2CCNCC2)CC1. The molecule has 2 aliphatic heterocycles. The van der Waals surface area contributed by atoms with E-state index in [1.165, 1.54) is 12.8 Å².